The lowest BCUT2D eigenvalue weighted by molar-refractivity contribution is -0.119. The highest BCUT2D eigenvalue weighted by Gasteiger charge is 2.47. The third-order valence-electron chi connectivity index (χ3n) is 7.68. The van der Waals surface area contributed by atoms with E-state index in [-0.39, 0.29) is 22.8 Å². The summed E-state index contributed by atoms with van der Waals surface area (Å²) in [5.41, 5.74) is 1.82. The minimum absolute atomic E-state index is 0.0130. The molecular formula is C29H33N3O4S2. The lowest BCUT2D eigenvalue weighted by atomic mass is 9.80. The zero-order valence-corrected chi connectivity index (χ0v) is 23.3. The number of hydrogen-bond donors (Lipinski definition) is 1. The first kappa shape index (κ1) is 26.6. The van der Waals surface area contributed by atoms with Gasteiger partial charge >= 0.3 is 0 Å². The molecule has 2 aliphatic rings. The van der Waals surface area contributed by atoms with Gasteiger partial charge in [-0.2, -0.15) is 4.31 Å². The Kier molecular flexibility index (Phi) is 7.70. The summed E-state index contributed by atoms with van der Waals surface area (Å²) in [5.74, 6) is -0.825. The zero-order chi connectivity index (χ0) is 26.9. The lowest BCUT2D eigenvalue weighted by Crippen LogP contribution is -2.49. The minimum atomic E-state index is -3.59. The maximum absolute atomic E-state index is 14.0. The van der Waals surface area contributed by atoms with Gasteiger partial charge in [0.15, 0.2) is 0 Å². The van der Waals surface area contributed by atoms with Gasteiger partial charge in [0.2, 0.25) is 15.9 Å². The molecule has 1 aromatic heterocycles. The summed E-state index contributed by atoms with van der Waals surface area (Å²) in [5, 5.41) is 5.01. The number of amides is 2. The first-order chi connectivity index (χ1) is 18.4. The van der Waals surface area contributed by atoms with Crippen molar-refractivity contribution in [2.75, 3.05) is 18.4 Å². The molecule has 5 rings (SSSR count). The Bertz CT molecular complexity index is 1390. The lowest BCUT2D eigenvalue weighted by Gasteiger charge is -2.44. The monoisotopic (exact) mass is 551 g/mol. The quantitative estimate of drug-likeness (QED) is 0.393. The van der Waals surface area contributed by atoms with E-state index in [2.05, 4.69) is 5.32 Å². The van der Waals surface area contributed by atoms with E-state index in [0.29, 0.717) is 24.3 Å². The van der Waals surface area contributed by atoms with Crippen LogP contribution in [0.15, 0.2) is 70.9 Å². The number of carbonyl (C=O) groups excluding carboxylic acids is 2. The first-order valence-corrected chi connectivity index (χ1v) is 15.5. The van der Waals surface area contributed by atoms with Crippen LogP contribution in [0.4, 0.5) is 5.69 Å². The van der Waals surface area contributed by atoms with E-state index in [9.17, 15) is 18.0 Å². The van der Waals surface area contributed by atoms with Crippen LogP contribution >= 0.6 is 11.3 Å². The van der Waals surface area contributed by atoms with Gasteiger partial charge in [0.25, 0.3) is 5.91 Å². The summed E-state index contributed by atoms with van der Waals surface area (Å²) in [6.07, 6.45) is 4.03. The highest BCUT2D eigenvalue weighted by Crippen LogP contribution is 2.47. The molecule has 0 unspecified atom stereocenters. The van der Waals surface area contributed by atoms with Crippen molar-refractivity contribution in [2.45, 2.75) is 62.4 Å². The number of nitrogens with one attached hydrogen (secondary N) is 1. The van der Waals surface area contributed by atoms with Crippen molar-refractivity contribution in [1.82, 2.24) is 9.21 Å². The van der Waals surface area contributed by atoms with Crippen LogP contribution in [0.2, 0.25) is 0 Å². The fraction of sp³-hybridized carbons (Fsp3) is 0.379. The highest BCUT2D eigenvalue weighted by molar-refractivity contribution is 7.89. The SMILES string of the molecule is CCN(CC)S(=O)(=O)c1ccc(NC(=O)[C@H]2c3ccccc3C(=O)N(C3CCCC3)[C@@H]2c2cccs2)cc1. The predicted octanol–water partition coefficient (Wildman–Crippen LogP) is 5.64. The summed E-state index contributed by atoms with van der Waals surface area (Å²) >= 11 is 1.56. The fourth-order valence-corrected chi connectivity index (χ4v) is 8.14. The Morgan fingerprint density at radius 2 is 1.68 bits per heavy atom. The van der Waals surface area contributed by atoms with Gasteiger partial charge in [-0.3, -0.25) is 9.59 Å². The molecule has 1 aliphatic carbocycles. The molecule has 2 aromatic carbocycles. The molecule has 2 heterocycles. The number of carbonyl (C=O) groups is 2. The van der Waals surface area contributed by atoms with Gasteiger partial charge in [-0.1, -0.05) is 51.0 Å². The number of hydrogen-bond acceptors (Lipinski definition) is 5. The molecule has 0 saturated heterocycles. The Hall–Kier alpha value is -3.01. The topological polar surface area (TPSA) is 86.8 Å². The molecule has 3 aromatic rings. The van der Waals surface area contributed by atoms with Crippen molar-refractivity contribution in [1.29, 1.82) is 0 Å². The van der Waals surface area contributed by atoms with Crippen molar-refractivity contribution >= 4 is 38.9 Å². The summed E-state index contributed by atoms with van der Waals surface area (Å²) in [6, 6.07) is 17.4. The second-order valence-electron chi connectivity index (χ2n) is 9.78. The predicted molar refractivity (Wildman–Crippen MR) is 150 cm³/mol. The molecule has 1 aliphatic heterocycles. The van der Waals surface area contributed by atoms with Crippen LogP contribution in [0.3, 0.4) is 0 Å². The van der Waals surface area contributed by atoms with Crippen LogP contribution in [0, 0.1) is 0 Å². The molecule has 200 valence electrons. The normalized spacial score (nSPS) is 20.1. The molecule has 1 fully saturated rings. The van der Waals surface area contributed by atoms with Crippen molar-refractivity contribution in [3.05, 3.63) is 82.0 Å². The number of rotatable bonds is 8. The molecule has 38 heavy (non-hydrogen) atoms. The van der Waals surface area contributed by atoms with E-state index in [4.69, 9.17) is 0 Å². The number of benzene rings is 2. The highest BCUT2D eigenvalue weighted by atomic mass is 32.2. The maximum Gasteiger partial charge on any atom is 0.254 e. The average molecular weight is 552 g/mol. The summed E-state index contributed by atoms with van der Waals surface area (Å²) < 4.78 is 27.2. The van der Waals surface area contributed by atoms with Crippen LogP contribution in [-0.4, -0.2) is 48.6 Å². The van der Waals surface area contributed by atoms with Crippen molar-refractivity contribution in [3.8, 4) is 0 Å². The minimum Gasteiger partial charge on any atom is -0.327 e. The molecule has 9 heteroatoms. The van der Waals surface area contributed by atoms with Gasteiger partial charge in [-0.25, -0.2) is 8.42 Å². The number of nitrogens with zero attached hydrogens (tertiary/aromatic N) is 2. The first-order valence-electron chi connectivity index (χ1n) is 13.2. The molecule has 0 spiro atoms. The van der Waals surface area contributed by atoms with E-state index in [1.807, 2.05) is 46.7 Å². The van der Waals surface area contributed by atoms with Crippen LogP contribution in [-0.2, 0) is 14.8 Å². The van der Waals surface area contributed by atoms with E-state index < -0.39 is 22.0 Å². The molecule has 0 radical (unpaired) electrons. The van der Waals surface area contributed by atoms with Gasteiger partial charge in [0.05, 0.1) is 16.9 Å². The Morgan fingerprint density at radius 1 is 1.00 bits per heavy atom. The van der Waals surface area contributed by atoms with E-state index in [0.717, 1.165) is 36.1 Å². The second kappa shape index (κ2) is 11.0. The Balaban J connectivity index is 1.50. The van der Waals surface area contributed by atoms with Crippen LogP contribution < -0.4 is 5.32 Å². The largest absolute Gasteiger partial charge is 0.327 e. The third-order valence-corrected chi connectivity index (χ3v) is 10.7. The van der Waals surface area contributed by atoms with Crippen molar-refractivity contribution < 1.29 is 18.0 Å². The zero-order valence-electron chi connectivity index (χ0n) is 21.7. The molecule has 2 amide bonds. The van der Waals surface area contributed by atoms with Gasteiger partial charge in [0.1, 0.15) is 0 Å². The van der Waals surface area contributed by atoms with Gasteiger partial charge in [-0.15, -0.1) is 11.3 Å². The Labute approximate surface area is 228 Å². The number of anilines is 1. The molecule has 7 nitrogen and oxygen atoms in total. The second-order valence-corrected chi connectivity index (χ2v) is 12.7. The third kappa shape index (κ3) is 4.79. The fourth-order valence-electron chi connectivity index (χ4n) is 5.82. The van der Waals surface area contributed by atoms with Crippen LogP contribution in [0.5, 0.6) is 0 Å². The van der Waals surface area contributed by atoms with Crippen molar-refractivity contribution in [2.24, 2.45) is 0 Å². The Morgan fingerprint density at radius 3 is 2.32 bits per heavy atom. The molecular weight excluding hydrogens is 518 g/mol. The molecule has 1 saturated carbocycles. The van der Waals surface area contributed by atoms with Gasteiger partial charge in [0, 0.05) is 35.3 Å². The van der Waals surface area contributed by atoms with Crippen molar-refractivity contribution in [3.63, 3.8) is 0 Å². The van der Waals surface area contributed by atoms with E-state index in [1.54, 1.807) is 37.3 Å². The standard InChI is InChI=1S/C29H33N3O4S2/c1-3-31(4-2)38(35,36)22-17-15-20(16-18-22)30-28(33)26-23-12-7-8-13-24(23)29(34)32(21-10-5-6-11-21)27(26)25-14-9-19-37-25/h7-9,12-19,21,26-27H,3-6,10-11H2,1-2H3,(H,30,33)/t26-,27+/m0/s1. The van der Waals surface area contributed by atoms with Gasteiger partial charge in [-0.05, 0) is 60.2 Å². The number of fused-ring (bicyclic) bond motifs is 1. The summed E-state index contributed by atoms with van der Waals surface area (Å²) in [4.78, 5) is 31.0. The average Bonchev–Trinajstić information content (AvgIpc) is 3.64. The maximum atomic E-state index is 14.0. The number of thiophene rings is 1. The van der Waals surface area contributed by atoms with Crippen LogP contribution in [0.1, 0.15) is 72.3 Å². The van der Waals surface area contributed by atoms with Gasteiger partial charge < -0.3 is 10.2 Å². The van der Waals surface area contributed by atoms with Crippen LogP contribution in [0.25, 0.3) is 0 Å². The van der Waals surface area contributed by atoms with E-state index in [1.165, 1.54) is 16.4 Å². The number of sulfonamides is 1. The smallest absolute Gasteiger partial charge is 0.254 e. The van der Waals surface area contributed by atoms with E-state index >= 15 is 0 Å². The summed E-state index contributed by atoms with van der Waals surface area (Å²) in [7, 11) is -3.59. The summed E-state index contributed by atoms with van der Waals surface area (Å²) in [6.45, 7) is 4.39. The molecule has 0 bridgehead atoms. The molecule has 2 atom stereocenters. The molecule has 1 N–H and O–H groups in total.